The van der Waals surface area contributed by atoms with Gasteiger partial charge in [0.25, 0.3) is 0 Å². The Hall–Kier alpha value is -1.90. The minimum absolute atomic E-state index is 0.116. The Labute approximate surface area is 189 Å². The van der Waals surface area contributed by atoms with Gasteiger partial charge in [-0.15, -0.1) is 22.7 Å². The Bertz CT molecular complexity index is 1120. The molecule has 2 aromatic carbocycles. The summed E-state index contributed by atoms with van der Waals surface area (Å²) in [4.78, 5) is 21.3. The van der Waals surface area contributed by atoms with E-state index < -0.39 is 0 Å². The number of hydrogen-bond acceptors (Lipinski definition) is 6. The van der Waals surface area contributed by atoms with Crippen LogP contribution < -0.4 is 5.32 Å². The van der Waals surface area contributed by atoms with Crippen molar-refractivity contribution in [1.29, 1.82) is 0 Å². The van der Waals surface area contributed by atoms with E-state index in [9.17, 15) is 4.79 Å². The molecule has 4 nitrogen and oxygen atoms in total. The number of nitrogens with zero attached hydrogens (tertiary/aromatic N) is 2. The molecule has 4 aromatic rings. The molecule has 2 heterocycles. The number of carbonyl (C=O) groups excluding carboxylic acids is 1. The molecule has 0 bridgehead atoms. The summed E-state index contributed by atoms with van der Waals surface area (Å²) in [6, 6.07) is 15.0. The summed E-state index contributed by atoms with van der Waals surface area (Å²) >= 11 is 16.1. The summed E-state index contributed by atoms with van der Waals surface area (Å²) in [6.07, 6.45) is 0. The predicted octanol–water partition coefficient (Wildman–Crippen LogP) is 6.97. The zero-order valence-corrected chi connectivity index (χ0v) is 18.7. The average molecular weight is 478 g/mol. The van der Waals surface area contributed by atoms with Gasteiger partial charge in [0.1, 0.15) is 0 Å². The molecule has 29 heavy (non-hydrogen) atoms. The summed E-state index contributed by atoms with van der Waals surface area (Å²) in [6.45, 7) is 0. The summed E-state index contributed by atoms with van der Waals surface area (Å²) < 4.78 is 0.839. The highest BCUT2D eigenvalue weighted by atomic mass is 35.5. The summed E-state index contributed by atoms with van der Waals surface area (Å²) in [5.74, 6) is 0.152. The fourth-order valence-electron chi connectivity index (χ4n) is 2.44. The van der Waals surface area contributed by atoms with Crippen LogP contribution in [0.3, 0.4) is 0 Å². The van der Waals surface area contributed by atoms with Crippen LogP contribution in [0, 0.1) is 0 Å². The van der Waals surface area contributed by atoms with Gasteiger partial charge in [-0.3, -0.25) is 4.79 Å². The number of nitrogens with one attached hydrogen (secondary N) is 1. The van der Waals surface area contributed by atoms with Crippen molar-refractivity contribution >= 4 is 68.7 Å². The van der Waals surface area contributed by atoms with Crippen LogP contribution in [0.2, 0.25) is 10.0 Å². The van der Waals surface area contributed by atoms with E-state index in [1.54, 1.807) is 0 Å². The number of amides is 1. The molecular formula is C20H13Cl2N3OS3. The standard InChI is InChI=1S/C20H13Cl2N3OS3/c21-14-5-1-12(2-6-14)16-9-27-19(23-16)25-18(26)11-29-20-24-17(10-28-20)13-3-7-15(22)8-4-13/h1-10H,11H2,(H,23,25,26). The van der Waals surface area contributed by atoms with Gasteiger partial charge < -0.3 is 5.32 Å². The molecule has 0 saturated carbocycles. The third-order valence-electron chi connectivity index (χ3n) is 3.84. The summed E-state index contributed by atoms with van der Waals surface area (Å²) in [5.41, 5.74) is 3.64. The molecular weight excluding hydrogens is 465 g/mol. The Kier molecular flexibility index (Phi) is 6.52. The fourth-order valence-corrected chi connectivity index (χ4v) is 5.07. The Balaban J connectivity index is 1.33. The van der Waals surface area contributed by atoms with Crippen molar-refractivity contribution in [2.45, 2.75) is 4.34 Å². The first-order valence-electron chi connectivity index (χ1n) is 8.42. The molecule has 0 radical (unpaired) electrons. The minimum atomic E-state index is -0.116. The lowest BCUT2D eigenvalue weighted by molar-refractivity contribution is -0.113. The molecule has 0 aliphatic heterocycles. The van der Waals surface area contributed by atoms with Crippen LogP contribution in [0.15, 0.2) is 63.6 Å². The fraction of sp³-hybridized carbons (Fsp3) is 0.0500. The molecule has 0 atom stereocenters. The van der Waals surface area contributed by atoms with Gasteiger partial charge in [-0.2, -0.15) is 0 Å². The second-order valence-electron chi connectivity index (χ2n) is 5.89. The molecule has 0 fully saturated rings. The molecule has 0 aliphatic carbocycles. The van der Waals surface area contributed by atoms with Gasteiger partial charge in [0, 0.05) is 31.9 Å². The molecule has 4 rings (SSSR count). The second kappa shape index (κ2) is 9.28. The van der Waals surface area contributed by atoms with Gasteiger partial charge in [-0.05, 0) is 24.3 Å². The number of thiazole rings is 2. The van der Waals surface area contributed by atoms with E-state index in [4.69, 9.17) is 23.2 Å². The number of rotatable bonds is 6. The Morgan fingerprint density at radius 1 is 0.862 bits per heavy atom. The number of benzene rings is 2. The maximum atomic E-state index is 12.3. The first-order chi connectivity index (χ1) is 14.1. The second-order valence-corrected chi connectivity index (χ2v) is 9.70. The molecule has 0 aliphatic rings. The lowest BCUT2D eigenvalue weighted by atomic mass is 10.2. The highest BCUT2D eigenvalue weighted by Crippen LogP contribution is 2.30. The number of halogens is 2. The third kappa shape index (κ3) is 5.38. The third-order valence-corrected chi connectivity index (χ3v) is 7.12. The first-order valence-corrected chi connectivity index (χ1v) is 11.9. The lowest BCUT2D eigenvalue weighted by Crippen LogP contribution is -2.13. The maximum absolute atomic E-state index is 12.3. The number of hydrogen-bond donors (Lipinski definition) is 1. The zero-order valence-electron chi connectivity index (χ0n) is 14.8. The van der Waals surface area contributed by atoms with Gasteiger partial charge in [0.15, 0.2) is 9.47 Å². The summed E-state index contributed by atoms with van der Waals surface area (Å²) in [5, 5.41) is 8.66. The quantitative estimate of drug-likeness (QED) is 0.304. The SMILES string of the molecule is O=C(CSc1nc(-c2ccc(Cl)cc2)cs1)Nc1nc(-c2ccc(Cl)cc2)cs1. The van der Waals surface area contributed by atoms with Crippen molar-refractivity contribution in [3.8, 4) is 22.5 Å². The molecule has 1 amide bonds. The molecule has 0 unspecified atom stereocenters. The van der Waals surface area contributed by atoms with Crippen molar-refractivity contribution < 1.29 is 4.79 Å². The molecule has 0 spiro atoms. The average Bonchev–Trinajstić information content (AvgIpc) is 3.37. The molecule has 9 heteroatoms. The molecule has 0 saturated heterocycles. The van der Waals surface area contributed by atoms with Gasteiger partial charge in [0.2, 0.25) is 5.91 Å². The lowest BCUT2D eigenvalue weighted by Gasteiger charge is -2.00. The van der Waals surface area contributed by atoms with Crippen molar-refractivity contribution in [3.63, 3.8) is 0 Å². The Morgan fingerprint density at radius 2 is 1.41 bits per heavy atom. The van der Waals surface area contributed by atoms with E-state index in [-0.39, 0.29) is 11.7 Å². The highest BCUT2D eigenvalue weighted by molar-refractivity contribution is 8.01. The monoisotopic (exact) mass is 477 g/mol. The minimum Gasteiger partial charge on any atom is -0.301 e. The van der Waals surface area contributed by atoms with Crippen molar-refractivity contribution in [2.24, 2.45) is 0 Å². The van der Waals surface area contributed by atoms with Gasteiger partial charge >= 0.3 is 0 Å². The van der Waals surface area contributed by atoms with E-state index >= 15 is 0 Å². The first kappa shape index (κ1) is 20.4. The van der Waals surface area contributed by atoms with Gasteiger partial charge in [0.05, 0.1) is 17.1 Å². The number of aromatic nitrogens is 2. The number of anilines is 1. The van der Waals surface area contributed by atoms with Crippen LogP contribution in [0.4, 0.5) is 5.13 Å². The highest BCUT2D eigenvalue weighted by Gasteiger charge is 2.11. The molecule has 1 N–H and O–H groups in total. The predicted molar refractivity (Wildman–Crippen MR) is 124 cm³/mol. The van der Waals surface area contributed by atoms with Gasteiger partial charge in [-0.1, -0.05) is 59.2 Å². The van der Waals surface area contributed by atoms with Crippen LogP contribution in [-0.2, 0) is 4.79 Å². The van der Waals surface area contributed by atoms with Crippen LogP contribution in [0.1, 0.15) is 0 Å². The number of thioether (sulfide) groups is 1. The van der Waals surface area contributed by atoms with Crippen LogP contribution in [-0.4, -0.2) is 21.6 Å². The molecule has 2 aromatic heterocycles. The van der Waals surface area contributed by atoms with Crippen molar-refractivity contribution in [3.05, 3.63) is 69.3 Å². The van der Waals surface area contributed by atoms with E-state index in [2.05, 4.69) is 15.3 Å². The topological polar surface area (TPSA) is 54.9 Å². The van der Waals surface area contributed by atoms with Crippen LogP contribution in [0.25, 0.3) is 22.5 Å². The normalized spacial score (nSPS) is 10.8. The number of carbonyl (C=O) groups is 1. The van der Waals surface area contributed by atoms with Crippen molar-refractivity contribution in [1.82, 2.24) is 9.97 Å². The van der Waals surface area contributed by atoms with E-state index in [1.165, 1.54) is 34.4 Å². The van der Waals surface area contributed by atoms with Crippen LogP contribution in [0.5, 0.6) is 0 Å². The largest absolute Gasteiger partial charge is 0.301 e. The van der Waals surface area contributed by atoms with Crippen LogP contribution >= 0.6 is 57.6 Å². The molecule has 146 valence electrons. The summed E-state index contributed by atoms with van der Waals surface area (Å²) in [7, 11) is 0. The van der Waals surface area contributed by atoms with E-state index in [0.29, 0.717) is 15.2 Å². The van der Waals surface area contributed by atoms with Crippen molar-refractivity contribution in [2.75, 3.05) is 11.1 Å². The van der Waals surface area contributed by atoms with E-state index in [1.807, 2.05) is 59.3 Å². The Morgan fingerprint density at radius 3 is 2.03 bits per heavy atom. The zero-order chi connectivity index (χ0) is 20.2. The van der Waals surface area contributed by atoms with E-state index in [0.717, 1.165) is 26.9 Å². The smallest absolute Gasteiger partial charge is 0.236 e. The maximum Gasteiger partial charge on any atom is 0.236 e. The van der Waals surface area contributed by atoms with Gasteiger partial charge in [-0.25, -0.2) is 9.97 Å².